The lowest BCUT2D eigenvalue weighted by Gasteiger charge is -2.11. The average molecular weight is 367 g/mol. The predicted octanol–water partition coefficient (Wildman–Crippen LogP) is 6.86. The molecular weight excluding hydrogens is 331 g/mol. The lowest BCUT2D eigenvalue weighted by Crippen LogP contribution is -2.21. The summed E-state index contributed by atoms with van der Waals surface area (Å²) in [5, 5.41) is 0. The summed E-state index contributed by atoms with van der Waals surface area (Å²) in [4.78, 5) is 11.5. The van der Waals surface area contributed by atoms with Crippen LogP contribution in [0.15, 0.2) is 0 Å². The molecule has 0 unspecified atom stereocenters. The van der Waals surface area contributed by atoms with Crippen LogP contribution in [0.2, 0.25) is 0 Å². The van der Waals surface area contributed by atoms with E-state index in [0.29, 0.717) is 6.42 Å². The molecule has 0 aliphatic carbocycles. The molecule has 0 saturated heterocycles. The molecule has 0 aromatic heterocycles. The van der Waals surface area contributed by atoms with Crippen LogP contribution in [-0.2, 0) is 9.53 Å². The van der Waals surface area contributed by atoms with Gasteiger partial charge in [-0.2, -0.15) is 0 Å². The summed E-state index contributed by atoms with van der Waals surface area (Å²) in [5.41, 5.74) is 0. The maximum Gasteiger partial charge on any atom is 0.306 e. The molecule has 0 spiro atoms. The first-order valence-electron chi connectivity index (χ1n) is 9.56. The highest BCUT2D eigenvalue weighted by Crippen LogP contribution is 2.13. The number of alkyl halides is 2. The second-order valence-electron chi connectivity index (χ2n) is 6.41. The minimum atomic E-state index is -0.340. The van der Waals surface area contributed by atoms with Crippen molar-refractivity contribution in [2.45, 2.75) is 103 Å². The molecule has 0 atom stereocenters. The monoisotopic (exact) mass is 366 g/mol. The van der Waals surface area contributed by atoms with E-state index < -0.39 is 0 Å². The minimum absolute atomic E-state index is 0.167. The SMILES string of the molecule is CCCCCCCCCCCCCCCC(=O)OC(CCl)CCl. The van der Waals surface area contributed by atoms with Gasteiger partial charge in [0, 0.05) is 6.42 Å². The Morgan fingerprint density at radius 1 is 0.739 bits per heavy atom. The molecule has 0 aromatic rings. The highest BCUT2D eigenvalue weighted by atomic mass is 35.5. The number of ether oxygens (including phenoxy) is 1. The molecule has 0 rings (SSSR count). The van der Waals surface area contributed by atoms with E-state index >= 15 is 0 Å². The van der Waals surface area contributed by atoms with E-state index in [1.54, 1.807) is 0 Å². The highest BCUT2D eigenvalue weighted by Gasteiger charge is 2.11. The molecule has 0 bridgehead atoms. The molecule has 0 radical (unpaired) electrons. The maximum absolute atomic E-state index is 11.5. The third-order valence-corrected chi connectivity index (χ3v) is 4.82. The molecule has 0 fully saturated rings. The van der Waals surface area contributed by atoms with Gasteiger partial charge in [-0.05, 0) is 6.42 Å². The summed E-state index contributed by atoms with van der Waals surface area (Å²) in [6.45, 7) is 2.26. The van der Waals surface area contributed by atoms with E-state index in [1.165, 1.54) is 70.6 Å². The number of carbonyl (C=O) groups is 1. The van der Waals surface area contributed by atoms with Crippen molar-refractivity contribution in [1.82, 2.24) is 0 Å². The number of halogens is 2. The lowest BCUT2D eigenvalue weighted by atomic mass is 10.0. The zero-order valence-electron chi connectivity index (χ0n) is 15.0. The Balaban J connectivity index is 3.20. The van der Waals surface area contributed by atoms with Crippen LogP contribution in [0.25, 0.3) is 0 Å². The van der Waals surface area contributed by atoms with Gasteiger partial charge in [-0.25, -0.2) is 0 Å². The summed E-state index contributed by atoms with van der Waals surface area (Å²) in [7, 11) is 0. The van der Waals surface area contributed by atoms with Gasteiger partial charge in [-0.3, -0.25) is 4.79 Å². The third-order valence-electron chi connectivity index (χ3n) is 4.13. The Morgan fingerprint density at radius 3 is 1.52 bits per heavy atom. The van der Waals surface area contributed by atoms with Crippen molar-refractivity contribution < 1.29 is 9.53 Å². The Morgan fingerprint density at radius 2 is 1.13 bits per heavy atom. The number of rotatable bonds is 17. The van der Waals surface area contributed by atoms with Crippen LogP contribution >= 0.6 is 23.2 Å². The summed E-state index contributed by atoms with van der Waals surface area (Å²) >= 11 is 11.3. The smallest absolute Gasteiger partial charge is 0.306 e. The van der Waals surface area contributed by atoms with Crippen LogP contribution < -0.4 is 0 Å². The predicted molar refractivity (Wildman–Crippen MR) is 102 cm³/mol. The van der Waals surface area contributed by atoms with E-state index in [1.807, 2.05) is 0 Å². The zero-order chi connectivity index (χ0) is 17.2. The third kappa shape index (κ3) is 16.7. The van der Waals surface area contributed by atoms with Crippen molar-refractivity contribution in [3.8, 4) is 0 Å². The topological polar surface area (TPSA) is 26.3 Å². The van der Waals surface area contributed by atoms with E-state index in [9.17, 15) is 4.79 Å². The highest BCUT2D eigenvalue weighted by molar-refractivity contribution is 6.21. The zero-order valence-corrected chi connectivity index (χ0v) is 16.5. The Hall–Kier alpha value is 0.0500. The molecule has 2 nitrogen and oxygen atoms in total. The molecule has 0 N–H and O–H groups in total. The van der Waals surface area contributed by atoms with Gasteiger partial charge < -0.3 is 4.74 Å². The molecular formula is C19H36Cl2O2. The van der Waals surface area contributed by atoms with Crippen molar-refractivity contribution in [2.24, 2.45) is 0 Å². The minimum Gasteiger partial charge on any atom is -0.460 e. The summed E-state index contributed by atoms with van der Waals surface area (Å²) in [5.74, 6) is 0.376. The van der Waals surface area contributed by atoms with Crippen molar-refractivity contribution in [3.05, 3.63) is 0 Å². The van der Waals surface area contributed by atoms with Crippen LogP contribution in [0.3, 0.4) is 0 Å². The Bertz CT molecular complexity index is 256. The molecule has 0 aromatic carbocycles. The van der Waals surface area contributed by atoms with Crippen LogP contribution in [0.5, 0.6) is 0 Å². The van der Waals surface area contributed by atoms with Gasteiger partial charge in [0.05, 0.1) is 11.8 Å². The second-order valence-corrected chi connectivity index (χ2v) is 7.03. The molecule has 0 heterocycles. The van der Waals surface area contributed by atoms with Gasteiger partial charge in [-0.1, -0.05) is 84.0 Å². The van der Waals surface area contributed by atoms with Crippen molar-refractivity contribution in [3.63, 3.8) is 0 Å². The van der Waals surface area contributed by atoms with Crippen LogP contribution in [-0.4, -0.2) is 23.8 Å². The second kappa shape index (κ2) is 18.4. The fourth-order valence-electron chi connectivity index (χ4n) is 2.64. The first kappa shape index (κ1) is 23.1. The summed E-state index contributed by atoms with van der Waals surface area (Å²) in [6, 6.07) is 0. The lowest BCUT2D eigenvalue weighted by molar-refractivity contribution is -0.147. The number of esters is 1. The molecule has 138 valence electrons. The largest absolute Gasteiger partial charge is 0.460 e. The number of unbranched alkanes of at least 4 members (excludes halogenated alkanes) is 12. The first-order valence-corrected chi connectivity index (χ1v) is 10.6. The molecule has 0 aliphatic heterocycles. The number of carbonyl (C=O) groups excluding carboxylic acids is 1. The van der Waals surface area contributed by atoms with E-state index in [2.05, 4.69) is 6.92 Å². The van der Waals surface area contributed by atoms with Crippen LogP contribution in [0.4, 0.5) is 0 Å². The van der Waals surface area contributed by atoms with Crippen LogP contribution in [0.1, 0.15) is 96.8 Å². The number of hydrogen-bond donors (Lipinski definition) is 0. The Labute approximate surface area is 153 Å². The van der Waals surface area contributed by atoms with Gasteiger partial charge in [0.25, 0.3) is 0 Å². The van der Waals surface area contributed by atoms with Gasteiger partial charge >= 0.3 is 5.97 Å². The van der Waals surface area contributed by atoms with Gasteiger partial charge in [0.1, 0.15) is 6.10 Å². The van der Waals surface area contributed by atoms with Gasteiger partial charge in [0.2, 0.25) is 0 Å². The molecule has 0 saturated carbocycles. The fourth-order valence-corrected chi connectivity index (χ4v) is 3.09. The molecule has 0 amide bonds. The van der Waals surface area contributed by atoms with Crippen LogP contribution in [0, 0.1) is 0 Å². The number of hydrogen-bond acceptors (Lipinski definition) is 2. The Kier molecular flexibility index (Phi) is 18.4. The summed E-state index contributed by atoms with van der Waals surface area (Å²) in [6.07, 6.45) is 17.1. The molecule has 0 aliphatic rings. The van der Waals surface area contributed by atoms with E-state index in [0.717, 1.165) is 12.8 Å². The maximum atomic E-state index is 11.5. The van der Waals surface area contributed by atoms with Crippen molar-refractivity contribution >= 4 is 29.2 Å². The first-order chi connectivity index (χ1) is 11.2. The summed E-state index contributed by atoms with van der Waals surface area (Å²) < 4.78 is 5.15. The van der Waals surface area contributed by atoms with E-state index in [-0.39, 0.29) is 23.8 Å². The van der Waals surface area contributed by atoms with Crippen molar-refractivity contribution in [1.29, 1.82) is 0 Å². The normalized spacial score (nSPS) is 11.1. The van der Waals surface area contributed by atoms with Gasteiger partial charge in [0.15, 0.2) is 0 Å². The quantitative estimate of drug-likeness (QED) is 0.159. The van der Waals surface area contributed by atoms with Gasteiger partial charge in [-0.15, -0.1) is 23.2 Å². The standard InChI is InChI=1S/C19H36Cl2O2/c1-2-3-4-5-6-7-8-9-10-11-12-13-14-15-19(22)23-18(16-20)17-21/h18H,2-17H2,1H3. The fraction of sp³-hybridized carbons (Fsp3) is 0.947. The average Bonchev–Trinajstić information content (AvgIpc) is 2.56. The molecule has 4 heteroatoms. The van der Waals surface area contributed by atoms with E-state index in [4.69, 9.17) is 27.9 Å². The van der Waals surface area contributed by atoms with Crippen molar-refractivity contribution in [2.75, 3.05) is 11.8 Å². The molecule has 23 heavy (non-hydrogen) atoms.